The zero-order valence-corrected chi connectivity index (χ0v) is 9.37. The smallest absolute Gasteiger partial charge is 0.233 e. The van der Waals surface area contributed by atoms with E-state index in [9.17, 15) is 0 Å². The van der Waals surface area contributed by atoms with E-state index in [0.29, 0.717) is 11.8 Å². The molecule has 0 aliphatic carbocycles. The topological polar surface area (TPSA) is 64.9 Å². The fourth-order valence-electron chi connectivity index (χ4n) is 1.12. The van der Waals surface area contributed by atoms with Crippen molar-refractivity contribution in [2.24, 2.45) is 11.1 Å². The molecule has 1 rings (SSSR count). The second-order valence-electron chi connectivity index (χ2n) is 4.79. The van der Waals surface area contributed by atoms with Gasteiger partial charge in [-0.05, 0) is 11.8 Å². The third-order valence-corrected chi connectivity index (χ3v) is 1.92. The Balaban J connectivity index is 2.69. The van der Waals surface area contributed by atoms with E-state index in [4.69, 9.17) is 10.2 Å². The van der Waals surface area contributed by atoms with Crippen LogP contribution in [0.3, 0.4) is 0 Å². The molecule has 0 bridgehead atoms. The maximum absolute atomic E-state index is 5.78. The van der Waals surface area contributed by atoms with Gasteiger partial charge in [0.1, 0.15) is 0 Å². The van der Waals surface area contributed by atoms with Crippen LogP contribution in [0, 0.1) is 5.41 Å². The second-order valence-corrected chi connectivity index (χ2v) is 4.79. The van der Waals surface area contributed by atoms with Crippen molar-refractivity contribution in [2.45, 2.75) is 46.6 Å². The minimum absolute atomic E-state index is 0.129. The molecule has 0 saturated heterocycles. The Bertz CT molecular complexity index is 288. The van der Waals surface area contributed by atoms with Gasteiger partial charge in [0.05, 0.1) is 6.04 Å². The summed E-state index contributed by atoms with van der Waals surface area (Å²) in [5, 5.41) is 7.90. The van der Waals surface area contributed by atoms with Crippen LogP contribution in [0.15, 0.2) is 4.42 Å². The van der Waals surface area contributed by atoms with E-state index in [-0.39, 0.29) is 11.5 Å². The molecule has 1 unspecified atom stereocenters. The number of hydrogen-bond acceptors (Lipinski definition) is 4. The Morgan fingerprint density at radius 2 is 2.00 bits per heavy atom. The van der Waals surface area contributed by atoms with Gasteiger partial charge in [0.25, 0.3) is 0 Å². The lowest BCUT2D eigenvalue weighted by Gasteiger charge is -2.14. The molecular weight excluding hydrogens is 178 g/mol. The summed E-state index contributed by atoms with van der Waals surface area (Å²) in [4.78, 5) is 0. The number of nitrogens with two attached hydrogens (primary N) is 1. The summed E-state index contributed by atoms with van der Waals surface area (Å²) in [5.74, 6) is 1.23. The van der Waals surface area contributed by atoms with E-state index in [1.54, 1.807) is 0 Å². The first kappa shape index (κ1) is 11.2. The minimum Gasteiger partial charge on any atom is -0.424 e. The molecule has 1 heterocycles. The van der Waals surface area contributed by atoms with Crippen molar-refractivity contribution in [1.82, 2.24) is 10.2 Å². The van der Waals surface area contributed by atoms with E-state index in [1.807, 2.05) is 6.92 Å². The average molecular weight is 197 g/mol. The molecule has 14 heavy (non-hydrogen) atoms. The van der Waals surface area contributed by atoms with Gasteiger partial charge in [-0.25, -0.2) is 0 Å². The summed E-state index contributed by atoms with van der Waals surface area (Å²) in [6.07, 6.45) is 1.60. The maximum Gasteiger partial charge on any atom is 0.233 e. The number of aromatic nitrogens is 2. The monoisotopic (exact) mass is 197 g/mol. The molecule has 0 saturated carbocycles. The van der Waals surface area contributed by atoms with Crippen LogP contribution in [0.2, 0.25) is 0 Å². The molecule has 80 valence electrons. The van der Waals surface area contributed by atoms with Gasteiger partial charge in [0.2, 0.25) is 11.8 Å². The van der Waals surface area contributed by atoms with Crippen molar-refractivity contribution in [1.29, 1.82) is 0 Å². The van der Waals surface area contributed by atoms with Crippen molar-refractivity contribution in [3.63, 3.8) is 0 Å². The van der Waals surface area contributed by atoms with Gasteiger partial charge in [0, 0.05) is 6.42 Å². The van der Waals surface area contributed by atoms with Gasteiger partial charge < -0.3 is 10.2 Å². The molecule has 0 spiro atoms. The summed E-state index contributed by atoms with van der Waals surface area (Å²) < 4.78 is 5.47. The molecule has 2 N–H and O–H groups in total. The van der Waals surface area contributed by atoms with Crippen LogP contribution in [0.25, 0.3) is 0 Å². The molecule has 4 nitrogen and oxygen atoms in total. The van der Waals surface area contributed by atoms with Crippen LogP contribution in [0.1, 0.15) is 51.9 Å². The second kappa shape index (κ2) is 4.09. The minimum atomic E-state index is -0.129. The molecule has 0 aliphatic heterocycles. The van der Waals surface area contributed by atoms with Crippen molar-refractivity contribution in [3.05, 3.63) is 11.8 Å². The highest BCUT2D eigenvalue weighted by Crippen LogP contribution is 2.21. The van der Waals surface area contributed by atoms with Crippen LogP contribution in [-0.4, -0.2) is 10.2 Å². The van der Waals surface area contributed by atoms with Crippen LogP contribution in [0.4, 0.5) is 0 Å². The number of rotatable bonds is 3. The molecule has 1 aromatic rings. The fourth-order valence-corrected chi connectivity index (χ4v) is 1.12. The Morgan fingerprint density at radius 3 is 2.50 bits per heavy atom. The molecule has 1 atom stereocenters. The Labute approximate surface area is 84.9 Å². The number of hydrogen-bond donors (Lipinski definition) is 1. The zero-order chi connectivity index (χ0) is 10.8. The maximum atomic E-state index is 5.78. The van der Waals surface area contributed by atoms with E-state index in [0.717, 1.165) is 12.8 Å². The lowest BCUT2D eigenvalue weighted by atomic mass is 9.92. The summed E-state index contributed by atoms with van der Waals surface area (Å²) in [6.45, 7) is 8.40. The molecule has 0 radical (unpaired) electrons. The zero-order valence-electron chi connectivity index (χ0n) is 9.37. The fraction of sp³-hybridized carbons (Fsp3) is 0.800. The molecular formula is C10H19N3O. The molecule has 4 heteroatoms. The van der Waals surface area contributed by atoms with Crippen LogP contribution in [0.5, 0.6) is 0 Å². The Hall–Kier alpha value is -0.900. The number of nitrogens with zero attached hydrogens (tertiary/aromatic N) is 2. The van der Waals surface area contributed by atoms with E-state index < -0.39 is 0 Å². The first-order chi connectivity index (χ1) is 6.42. The summed E-state index contributed by atoms with van der Waals surface area (Å²) >= 11 is 0. The van der Waals surface area contributed by atoms with Gasteiger partial charge in [-0.2, -0.15) is 0 Å². The van der Waals surface area contributed by atoms with Crippen LogP contribution in [-0.2, 0) is 6.42 Å². The standard InChI is InChI=1S/C10H19N3O/c1-5-7(11)9-13-12-8(14-9)6-10(2,3)4/h7H,5-6,11H2,1-4H3. The van der Waals surface area contributed by atoms with Crippen molar-refractivity contribution in [2.75, 3.05) is 0 Å². The lowest BCUT2D eigenvalue weighted by molar-refractivity contribution is 0.336. The van der Waals surface area contributed by atoms with E-state index in [2.05, 4.69) is 31.0 Å². The predicted molar refractivity (Wildman–Crippen MR) is 54.7 cm³/mol. The van der Waals surface area contributed by atoms with E-state index in [1.165, 1.54) is 0 Å². The molecule has 1 aromatic heterocycles. The summed E-state index contributed by atoms with van der Waals surface area (Å²) in [7, 11) is 0. The Kier molecular flexibility index (Phi) is 3.26. The third kappa shape index (κ3) is 3.10. The highest BCUT2D eigenvalue weighted by atomic mass is 16.4. The van der Waals surface area contributed by atoms with Gasteiger partial charge in [0.15, 0.2) is 0 Å². The molecule has 0 amide bonds. The normalized spacial score (nSPS) is 14.4. The average Bonchev–Trinajstić information content (AvgIpc) is 2.48. The SMILES string of the molecule is CCC(N)c1nnc(CC(C)(C)C)o1. The van der Waals surface area contributed by atoms with E-state index >= 15 is 0 Å². The predicted octanol–water partition coefficient (Wildman–Crippen LogP) is 2.07. The third-order valence-electron chi connectivity index (χ3n) is 1.92. The summed E-state index contributed by atoms with van der Waals surface area (Å²) in [6, 6.07) is -0.129. The van der Waals surface area contributed by atoms with Crippen molar-refractivity contribution in [3.8, 4) is 0 Å². The van der Waals surface area contributed by atoms with Gasteiger partial charge in [-0.3, -0.25) is 0 Å². The van der Waals surface area contributed by atoms with Gasteiger partial charge in [-0.15, -0.1) is 10.2 Å². The molecule has 0 fully saturated rings. The lowest BCUT2D eigenvalue weighted by Crippen LogP contribution is -2.09. The highest BCUT2D eigenvalue weighted by molar-refractivity contribution is 4.90. The first-order valence-electron chi connectivity index (χ1n) is 5.00. The molecule has 0 aliphatic rings. The Morgan fingerprint density at radius 1 is 1.36 bits per heavy atom. The largest absolute Gasteiger partial charge is 0.424 e. The van der Waals surface area contributed by atoms with Gasteiger partial charge >= 0.3 is 0 Å². The van der Waals surface area contributed by atoms with Crippen molar-refractivity contribution < 1.29 is 4.42 Å². The quantitative estimate of drug-likeness (QED) is 0.805. The summed E-state index contributed by atoms with van der Waals surface area (Å²) in [5.41, 5.74) is 5.94. The molecule has 0 aromatic carbocycles. The van der Waals surface area contributed by atoms with Crippen LogP contribution < -0.4 is 5.73 Å². The van der Waals surface area contributed by atoms with Gasteiger partial charge in [-0.1, -0.05) is 27.7 Å². The first-order valence-corrected chi connectivity index (χ1v) is 5.00. The van der Waals surface area contributed by atoms with Crippen LogP contribution >= 0.6 is 0 Å². The highest BCUT2D eigenvalue weighted by Gasteiger charge is 2.18. The van der Waals surface area contributed by atoms with Crippen molar-refractivity contribution >= 4 is 0 Å².